The molecule has 1 aliphatic heterocycles. The molecule has 1 N–H and O–H groups in total. The molecule has 0 amide bonds. The molecule has 0 aromatic carbocycles. The Bertz CT molecular complexity index is 571. The van der Waals surface area contributed by atoms with E-state index in [4.69, 9.17) is 0 Å². The number of likely N-dealkylation sites (tertiary alicyclic amines) is 1. The maximum atomic E-state index is 4.49. The smallest absolute Gasteiger partial charge is 0.243 e. The second-order valence-corrected chi connectivity index (χ2v) is 5.77. The number of nitrogens with zero attached hydrogens (tertiary/aromatic N) is 4. The fourth-order valence-electron chi connectivity index (χ4n) is 2.79. The van der Waals surface area contributed by atoms with Gasteiger partial charge < -0.3 is 5.32 Å². The van der Waals surface area contributed by atoms with Crippen molar-refractivity contribution in [2.45, 2.75) is 39.2 Å². The third kappa shape index (κ3) is 2.93. The summed E-state index contributed by atoms with van der Waals surface area (Å²) in [6.07, 6.45) is 6.04. The molecule has 0 aliphatic carbocycles. The first-order valence-corrected chi connectivity index (χ1v) is 7.53. The molecule has 3 rings (SSSR count). The van der Waals surface area contributed by atoms with Crippen LogP contribution in [0.4, 0.5) is 5.95 Å². The summed E-state index contributed by atoms with van der Waals surface area (Å²) in [6.45, 7) is 7.68. The molecule has 1 unspecified atom stereocenters. The van der Waals surface area contributed by atoms with Gasteiger partial charge in [0.25, 0.3) is 0 Å². The minimum absolute atomic E-state index is 0.531. The predicted octanol–water partition coefficient (Wildman–Crippen LogP) is 2.32. The van der Waals surface area contributed by atoms with Crippen molar-refractivity contribution in [2.75, 3.05) is 25.0 Å². The summed E-state index contributed by atoms with van der Waals surface area (Å²) in [4.78, 5) is 7.05. The normalized spacial score (nSPS) is 18.3. The lowest BCUT2D eigenvalue weighted by Crippen LogP contribution is -2.41. The van der Waals surface area contributed by atoms with Gasteiger partial charge in [-0.2, -0.15) is 4.98 Å². The van der Waals surface area contributed by atoms with Crippen molar-refractivity contribution >= 4 is 11.6 Å². The fourth-order valence-corrected chi connectivity index (χ4v) is 2.79. The minimum Gasteiger partial charge on any atom is -0.351 e. The molecule has 3 heterocycles. The third-order valence-electron chi connectivity index (χ3n) is 4.05. The van der Waals surface area contributed by atoms with E-state index in [1.807, 2.05) is 16.8 Å². The summed E-state index contributed by atoms with van der Waals surface area (Å²) in [5.41, 5.74) is 2.08. The van der Waals surface area contributed by atoms with Crippen LogP contribution in [-0.4, -0.2) is 45.2 Å². The molecule has 2 aromatic rings. The lowest BCUT2D eigenvalue weighted by atomic mass is 10.1. The average Bonchev–Trinajstić information content (AvgIpc) is 2.87. The van der Waals surface area contributed by atoms with E-state index < -0.39 is 0 Å². The number of piperidine rings is 1. The molecule has 1 fully saturated rings. The molecule has 0 radical (unpaired) electrons. The number of aromatic nitrogens is 3. The van der Waals surface area contributed by atoms with Crippen LogP contribution in [0, 0.1) is 6.92 Å². The summed E-state index contributed by atoms with van der Waals surface area (Å²) in [5.74, 6) is 0.722. The van der Waals surface area contributed by atoms with Crippen LogP contribution in [0.25, 0.3) is 5.65 Å². The van der Waals surface area contributed by atoms with E-state index in [0.29, 0.717) is 6.04 Å². The quantitative estimate of drug-likeness (QED) is 0.928. The molecule has 108 valence electrons. The predicted molar refractivity (Wildman–Crippen MR) is 81.1 cm³/mol. The first kappa shape index (κ1) is 13.4. The topological polar surface area (TPSA) is 45.5 Å². The van der Waals surface area contributed by atoms with Gasteiger partial charge in [0.1, 0.15) is 0 Å². The summed E-state index contributed by atoms with van der Waals surface area (Å²) >= 11 is 0. The van der Waals surface area contributed by atoms with E-state index in [1.165, 1.54) is 37.9 Å². The molecule has 1 aliphatic rings. The Balaban J connectivity index is 1.61. The molecular weight excluding hydrogens is 250 g/mol. The highest BCUT2D eigenvalue weighted by Crippen LogP contribution is 2.13. The van der Waals surface area contributed by atoms with Gasteiger partial charge in [-0.05, 0) is 51.4 Å². The van der Waals surface area contributed by atoms with Crippen LogP contribution in [-0.2, 0) is 0 Å². The van der Waals surface area contributed by atoms with Crippen LogP contribution < -0.4 is 5.32 Å². The second kappa shape index (κ2) is 5.79. The van der Waals surface area contributed by atoms with Crippen molar-refractivity contribution in [3.05, 3.63) is 23.9 Å². The number of hydrogen-bond donors (Lipinski definition) is 1. The summed E-state index contributed by atoms with van der Waals surface area (Å²) < 4.78 is 1.84. The third-order valence-corrected chi connectivity index (χ3v) is 4.05. The minimum atomic E-state index is 0.531. The number of hydrogen-bond acceptors (Lipinski definition) is 4. The van der Waals surface area contributed by atoms with Crippen LogP contribution in [0.5, 0.6) is 0 Å². The number of anilines is 1. The van der Waals surface area contributed by atoms with Crippen LogP contribution in [0.3, 0.4) is 0 Å². The fraction of sp³-hybridized carbons (Fsp3) is 0.600. The Hall–Kier alpha value is -1.62. The van der Waals surface area contributed by atoms with Gasteiger partial charge in [0.15, 0.2) is 5.65 Å². The molecule has 20 heavy (non-hydrogen) atoms. The van der Waals surface area contributed by atoms with Gasteiger partial charge >= 0.3 is 0 Å². The van der Waals surface area contributed by atoms with Crippen molar-refractivity contribution in [1.29, 1.82) is 0 Å². The summed E-state index contributed by atoms with van der Waals surface area (Å²) in [5, 5.41) is 7.83. The van der Waals surface area contributed by atoms with E-state index in [-0.39, 0.29) is 0 Å². The maximum absolute atomic E-state index is 4.49. The first-order valence-electron chi connectivity index (χ1n) is 7.53. The van der Waals surface area contributed by atoms with E-state index >= 15 is 0 Å². The number of rotatable bonds is 4. The monoisotopic (exact) mass is 273 g/mol. The zero-order valence-corrected chi connectivity index (χ0v) is 12.3. The van der Waals surface area contributed by atoms with Crippen molar-refractivity contribution in [3.8, 4) is 0 Å². The first-order chi connectivity index (χ1) is 9.72. The summed E-state index contributed by atoms with van der Waals surface area (Å²) in [7, 11) is 0. The second-order valence-electron chi connectivity index (χ2n) is 5.77. The molecule has 0 bridgehead atoms. The Morgan fingerprint density at radius 3 is 2.85 bits per heavy atom. The van der Waals surface area contributed by atoms with E-state index in [1.54, 1.807) is 0 Å². The van der Waals surface area contributed by atoms with Crippen molar-refractivity contribution in [2.24, 2.45) is 0 Å². The Labute approximate surface area is 120 Å². The Morgan fingerprint density at radius 2 is 2.05 bits per heavy atom. The van der Waals surface area contributed by atoms with E-state index in [9.17, 15) is 0 Å². The van der Waals surface area contributed by atoms with Gasteiger partial charge in [-0.15, -0.1) is 5.10 Å². The molecule has 0 saturated carbocycles. The number of pyridine rings is 1. The van der Waals surface area contributed by atoms with Gasteiger partial charge in [-0.1, -0.05) is 12.5 Å². The average molecular weight is 273 g/mol. The maximum Gasteiger partial charge on any atom is 0.243 e. The number of fused-ring (bicyclic) bond motifs is 1. The van der Waals surface area contributed by atoms with Crippen LogP contribution in [0.1, 0.15) is 31.7 Å². The van der Waals surface area contributed by atoms with Crippen molar-refractivity contribution < 1.29 is 0 Å². The molecule has 5 heteroatoms. The number of aryl methyl sites for hydroxylation is 1. The number of nitrogens with one attached hydrogen (secondary N) is 1. The van der Waals surface area contributed by atoms with Crippen molar-refractivity contribution in [3.63, 3.8) is 0 Å². The highest BCUT2D eigenvalue weighted by Gasteiger charge is 2.16. The Kier molecular flexibility index (Phi) is 3.87. The van der Waals surface area contributed by atoms with Crippen molar-refractivity contribution in [1.82, 2.24) is 19.5 Å². The molecule has 5 nitrogen and oxygen atoms in total. The molecule has 1 saturated heterocycles. The zero-order valence-electron chi connectivity index (χ0n) is 12.3. The van der Waals surface area contributed by atoms with Crippen LogP contribution in [0.15, 0.2) is 18.3 Å². The largest absolute Gasteiger partial charge is 0.351 e. The van der Waals surface area contributed by atoms with E-state index in [0.717, 1.165) is 18.1 Å². The van der Waals surface area contributed by atoms with Gasteiger partial charge in [0, 0.05) is 18.8 Å². The Morgan fingerprint density at radius 1 is 1.25 bits per heavy atom. The lowest BCUT2D eigenvalue weighted by molar-refractivity contribution is 0.180. The molecule has 0 spiro atoms. The molecule has 1 atom stereocenters. The summed E-state index contributed by atoms with van der Waals surface area (Å²) in [6, 6.07) is 4.59. The zero-order chi connectivity index (χ0) is 13.9. The standard InChI is InChI=1S/C15H23N5/c1-12-6-7-14-17-15(18-20(14)11-12)16-10-13(2)19-8-4-3-5-9-19/h6-7,11,13H,3-5,8-10H2,1-2H3,(H,16,18). The van der Waals surface area contributed by atoms with Crippen LogP contribution >= 0.6 is 0 Å². The highest BCUT2D eigenvalue weighted by molar-refractivity contribution is 5.44. The van der Waals surface area contributed by atoms with Gasteiger partial charge in [-0.3, -0.25) is 4.90 Å². The van der Waals surface area contributed by atoms with E-state index in [2.05, 4.69) is 40.2 Å². The lowest BCUT2D eigenvalue weighted by Gasteiger charge is -2.32. The molecule has 2 aromatic heterocycles. The van der Waals surface area contributed by atoms with Gasteiger partial charge in [0.2, 0.25) is 5.95 Å². The molecular formula is C15H23N5. The van der Waals surface area contributed by atoms with Gasteiger partial charge in [-0.25, -0.2) is 4.52 Å². The van der Waals surface area contributed by atoms with Gasteiger partial charge in [0.05, 0.1) is 0 Å². The van der Waals surface area contributed by atoms with Crippen LogP contribution in [0.2, 0.25) is 0 Å². The SMILES string of the molecule is Cc1ccc2nc(NCC(C)N3CCCCC3)nn2c1. The highest BCUT2D eigenvalue weighted by atomic mass is 15.3.